The quantitative estimate of drug-likeness (QED) is 0.564. The molecule has 1 atom stereocenters. The largest absolute Gasteiger partial charge is 0.387 e. The molecule has 0 heterocycles. The van der Waals surface area contributed by atoms with Crippen LogP contribution in [0.3, 0.4) is 0 Å². The molecule has 128 valence electrons. The predicted molar refractivity (Wildman–Crippen MR) is 95.4 cm³/mol. The van der Waals surface area contributed by atoms with E-state index in [2.05, 4.69) is 15.6 Å². The number of nitrogens with zero attached hydrogens (tertiary/aromatic N) is 1. The summed E-state index contributed by atoms with van der Waals surface area (Å²) in [6.45, 7) is 5.40. The summed E-state index contributed by atoms with van der Waals surface area (Å²) in [6.07, 6.45) is -0.622. The Hall–Kier alpha value is -2.40. The molecular formula is C19H24FN3O. The second-order valence-electron chi connectivity index (χ2n) is 5.63. The highest BCUT2D eigenvalue weighted by atomic mass is 19.1. The molecule has 1 unspecified atom stereocenters. The van der Waals surface area contributed by atoms with Gasteiger partial charge in [0, 0.05) is 13.1 Å². The first-order valence-corrected chi connectivity index (χ1v) is 8.09. The molecule has 0 radical (unpaired) electrons. The van der Waals surface area contributed by atoms with Crippen molar-refractivity contribution in [1.29, 1.82) is 0 Å². The summed E-state index contributed by atoms with van der Waals surface area (Å²) in [7, 11) is 0. The zero-order valence-electron chi connectivity index (χ0n) is 14.1. The second kappa shape index (κ2) is 9.03. The standard InChI is InChI=1S/C19H24FN3O/c1-3-21-19(22-12-15-5-4-6-17(20)11-15)23-13-18(24)16-9-7-14(2)8-10-16/h4-11,18,24H,3,12-13H2,1-2H3,(H2,21,22,23). The van der Waals surface area contributed by atoms with Crippen LogP contribution in [0.5, 0.6) is 0 Å². The molecule has 2 aromatic carbocycles. The summed E-state index contributed by atoms with van der Waals surface area (Å²) in [6, 6.07) is 14.2. The monoisotopic (exact) mass is 329 g/mol. The maximum absolute atomic E-state index is 13.2. The van der Waals surface area contributed by atoms with Gasteiger partial charge in [0.25, 0.3) is 0 Å². The molecule has 2 aromatic rings. The van der Waals surface area contributed by atoms with Crippen LogP contribution in [0.4, 0.5) is 4.39 Å². The zero-order valence-corrected chi connectivity index (χ0v) is 14.1. The van der Waals surface area contributed by atoms with E-state index in [1.54, 1.807) is 6.07 Å². The fourth-order valence-corrected chi connectivity index (χ4v) is 2.25. The van der Waals surface area contributed by atoms with E-state index in [0.717, 1.165) is 16.7 Å². The highest BCUT2D eigenvalue weighted by Gasteiger charge is 2.08. The van der Waals surface area contributed by atoms with Crippen LogP contribution < -0.4 is 10.6 Å². The Morgan fingerprint density at radius 1 is 1.17 bits per heavy atom. The van der Waals surface area contributed by atoms with Crippen molar-refractivity contribution >= 4 is 5.96 Å². The van der Waals surface area contributed by atoms with Crippen LogP contribution in [0.1, 0.15) is 29.7 Å². The Balaban J connectivity index is 1.94. The highest BCUT2D eigenvalue weighted by molar-refractivity contribution is 5.79. The lowest BCUT2D eigenvalue weighted by Crippen LogP contribution is -2.39. The summed E-state index contributed by atoms with van der Waals surface area (Å²) in [5.41, 5.74) is 2.81. The number of aliphatic hydroxyl groups excluding tert-OH is 1. The normalized spacial score (nSPS) is 12.8. The minimum absolute atomic E-state index is 0.268. The van der Waals surface area contributed by atoms with Crippen LogP contribution in [-0.4, -0.2) is 24.2 Å². The maximum Gasteiger partial charge on any atom is 0.191 e. The number of hydrogen-bond donors (Lipinski definition) is 3. The van der Waals surface area contributed by atoms with Crippen molar-refractivity contribution in [3.63, 3.8) is 0 Å². The van der Waals surface area contributed by atoms with Gasteiger partial charge in [-0.15, -0.1) is 0 Å². The number of benzene rings is 2. The Labute approximate surface area is 142 Å². The lowest BCUT2D eigenvalue weighted by molar-refractivity contribution is 0.181. The Morgan fingerprint density at radius 2 is 1.92 bits per heavy atom. The van der Waals surface area contributed by atoms with Crippen molar-refractivity contribution in [2.45, 2.75) is 26.5 Å². The fraction of sp³-hybridized carbons (Fsp3) is 0.316. The zero-order chi connectivity index (χ0) is 17.4. The van der Waals surface area contributed by atoms with Crippen LogP contribution in [0.2, 0.25) is 0 Å². The average molecular weight is 329 g/mol. The van der Waals surface area contributed by atoms with E-state index in [4.69, 9.17) is 0 Å². The van der Waals surface area contributed by atoms with Gasteiger partial charge in [-0.3, -0.25) is 0 Å². The molecule has 0 fully saturated rings. The van der Waals surface area contributed by atoms with E-state index >= 15 is 0 Å². The number of aryl methyl sites for hydroxylation is 1. The summed E-state index contributed by atoms with van der Waals surface area (Å²) in [5, 5.41) is 16.5. The van der Waals surface area contributed by atoms with Gasteiger partial charge in [0.1, 0.15) is 5.82 Å². The third-order valence-electron chi connectivity index (χ3n) is 3.58. The summed E-state index contributed by atoms with van der Waals surface area (Å²) >= 11 is 0. The summed E-state index contributed by atoms with van der Waals surface area (Å²) in [5.74, 6) is 0.323. The van der Waals surface area contributed by atoms with Crippen molar-refractivity contribution < 1.29 is 9.50 Å². The van der Waals surface area contributed by atoms with Gasteiger partial charge in [-0.1, -0.05) is 42.0 Å². The average Bonchev–Trinajstić information content (AvgIpc) is 2.58. The number of aliphatic imine (C=N–C) groups is 1. The number of guanidine groups is 1. The first-order chi connectivity index (χ1) is 11.6. The van der Waals surface area contributed by atoms with Gasteiger partial charge in [-0.2, -0.15) is 0 Å². The Morgan fingerprint density at radius 3 is 2.58 bits per heavy atom. The molecule has 0 aromatic heterocycles. The molecule has 0 saturated heterocycles. The van der Waals surface area contributed by atoms with Gasteiger partial charge in [-0.05, 0) is 37.1 Å². The molecule has 0 spiro atoms. The van der Waals surface area contributed by atoms with Crippen LogP contribution in [0.15, 0.2) is 53.5 Å². The van der Waals surface area contributed by atoms with Crippen LogP contribution >= 0.6 is 0 Å². The first-order valence-electron chi connectivity index (χ1n) is 8.09. The SMILES string of the molecule is CCNC(=NCc1cccc(F)c1)NCC(O)c1ccc(C)cc1. The van der Waals surface area contributed by atoms with E-state index in [0.29, 0.717) is 25.6 Å². The van der Waals surface area contributed by atoms with E-state index in [1.165, 1.54) is 12.1 Å². The van der Waals surface area contributed by atoms with E-state index < -0.39 is 6.10 Å². The molecule has 3 N–H and O–H groups in total. The van der Waals surface area contributed by atoms with E-state index in [-0.39, 0.29) is 5.82 Å². The smallest absolute Gasteiger partial charge is 0.191 e. The molecule has 0 aliphatic carbocycles. The number of hydrogen-bond acceptors (Lipinski definition) is 2. The molecule has 24 heavy (non-hydrogen) atoms. The van der Waals surface area contributed by atoms with Crippen LogP contribution in [0, 0.1) is 12.7 Å². The van der Waals surface area contributed by atoms with Gasteiger partial charge >= 0.3 is 0 Å². The molecule has 0 amide bonds. The maximum atomic E-state index is 13.2. The minimum Gasteiger partial charge on any atom is -0.387 e. The van der Waals surface area contributed by atoms with Gasteiger partial charge in [-0.25, -0.2) is 9.38 Å². The Kier molecular flexibility index (Phi) is 6.75. The van der Waals surface area contributed by atoms with Crippen molar-refractivity contribution in [2.75, 3.05) is 13.1 Å². The fourth-order valence-electron chi connectivity index (χ4n) is 2.25. The minimum atomic E-state index is -0.622. The molecule has 0 saturated carbocycles. The third-order valence-corrected chi connectivity index (χ3v) is 3.58. The molecule has 0 aliphatic heterocycles. The molecule has 5 heteroatoms. The number of rotatable bonds is 6. The van der Waals surface area contributed by atoms with E-state index in [1.807, 2.05) is 44.2 Å². The number of halogens is 1. The predicted octanol–water partition coefficient (Wildman–Crippen LogP) is 2.92. The van der Waals surface area contributed by atoms with Crippen molar-refractivity contribution in [1.82, 2.24) is 10.6 Å². The second-order valence-corrected chi connectivity index (χ2v) is 5.63. The van der Waals surface area contributed by atoms with E-state index in [9.17, 15) is 9.50 Å². The topological polar surface area (TPSA) is 56.7 Å². The molecule has 2 rings (SSSR count). The van der Waals surface area contributed by atoms with Crippen molar-refractivity contribution in [3.8, 4) is 0 Å². The molecule has 0 aliphatic rings. The van der Waals surface area contributed by atoms with Gasteiger partial charge in [0.2, 0.25) is 0 Å². The number of aliphatic hydroxyl groups is 1. The highest BCUT2D eigenvalue weighted by Crippen LogP contribution is 2.12. The van der Waals surface area contributed by atoms with Gasteiger partial charge in [0.15, 0.2) is 5.96 Å². The molecular weight excluding hydrogens is 305 g/mol. The lowest BCUT2D eigenvalue weighted by Gasteiger charge is -2.15. The van der Waals surface area contributed by atoms with Gasteiger partial charge < -0.3 is 15.7 Å². The summed E-state index contributed by atoms with van der Waals surface area (Å²) < 4.78 is 13.2. The van der Waals surface area contributed by atoms with Crippen LogP contribution in [0.25, 0.3) is 0 Å². The molecule has 4 nitrogen and oxygen atoms in total. The van der Waals surface area contributed by atoms with Gasteiger partial charge in [0.05, 0.1) is 12.6 Å². The Bertz CT molecular complexity index is 671. The lowest BCUT2D eigenvalue weighted by atomic mass is 10.1. The molecule has 0 bridgehead atoms. The number of nitrogens with one attached hydrogen (secondary N) is 2. The first kappa shape index (κ1) is 17.9. The van der Waals surface area contributed by atoms with Crippen LogP contribution in [-0.2, 0) is 6.54 Å². The summed E-state index contributed by atoms with van der Waals surface area (Å²) in [4.78, 5) is 4.42. The van der Waals surface area contributed by atoms with Crippen molar-refractivity contribution in [3.05, 3.63) is 71.0 Å². The van der Waals surface area contributed by atoms with Crippen molar-refractivity contribution in [2.24, 2.45) is 4.99 Å². The third kappa shape index (κ3) is 5.66.